The monoisotopic (exact) mass is 282 g/mol. The minimum Gasteiger partial charge on any atom is -0.406 e. The van der Waals surface area contributed by atoms with Crippen molar-refractivity contribution in [2.45, 2.75) is 6.36 Å². The van der Waals surface area contributed by atoms with Crippen LogP contribution in [0.5, 0.6) is 5.75 Å². The van der Waals surface area contributed by atoms with Gasteiger partial charge in [-0.1, -0.05) is 6.07 Å². The first kappa shape index (κ1) is 13.9. The Kier molecular flexibility index (Phi) is 3.88. The van der Waals surface area contributed by atoms with Crippen LogP contribution in [0.2, 0.25) is 0 Å². The van der Waals surface area contributed by atoms with E-state index >= 15 is 0 Å². The van der Waals surface area contributed by atoms with Gasteiger partial charge in [-0.3, -0.25) is 9.78 Å². The third-order valence-electron chi connectivity index (χ3n) is 2.24. The molecule has 0 aliphatic rings. The summed E-state index contributed by atoms with van der Waals surface area (Å²) in [5.41, 5.74) is 0.554. The molecule has 0 bridgehead atoms. The molecule has 2 aromatic rings. The fourth-order valence-corrected chi connectivity index (χ4v) is 1.43. The van der Waals surface area contributed by atoms with E-state index in [1.54, 1.807) is 12.1 Å². The molecule has 0 saturated heterocycles. The second-order valence-electron chi connectivity index (χ2n) is 3.74. The second-order valence-corrected chi connectivity index (χ2v) is 3.74. The molecule has 2 rings (SSSR count). The molecule has 7 heteroatoms. The summed E-state index contributed by atoms with van der Waals surface area (Å²) in [5.74, 6) is -0.802. The normalized spacial score (nSPS) is 10.9. The average molecular weight is 282 g/mol. The first-order chi connectivity index (χ1) is 9.44. The van der Waals surface area contributed by atoms with E-state index in [-0.39, 0.29) is 11.4 Å². The average Bonchev–Trinajstić information content (AvgIpc) is 2.40. The number of hydrogen-bond donors (Lipinski definition) is 1. The van der Waals surface area contributed by atoms with Crippen molar-refractivity contribution in [1.29, 1.82) is 0 Å². The molecular weight excluding hydrogens is 273 g/mol. The van der Waals surface area contributed by atoms with Crippen LogP contribution in [0.25, 0.3) is 0 Å². The molecule has 0 aliphatic heterocycles. The molecule has 0 saturated carbocycles. The van der Waals surface area contributed by atoms with Gasteiger partial charge in [0, 0.05) is 11.9 Å². The van der Waals surface area contributed by atoms with Crippen LogP contribution in [0.15, 0.2) is 48.7 Å². The van der Waals surface area contributed by atoms with Crippen molar-refractivity contribution in [3.05, 3.63) is 54.4 Å². The molecular formula is C13H9F3N2O2. The third-order valence-corrected chi connectivity index (χ3v) is 2.24. The Balaban J connectivity index is 2.02. The Labute approximate surface area is 112 Å². The molecule has 4 nitrogen and oxygen atoms in total. The molecule has 1 aromatic carbocycles. The predicted molar refractivity (Wildman–Crippen MR) is 65.3 cm³/mol. The number of benzene rings is 1. The summed E-state index contributed by atoms with van der Waals surface area (Å²) < 4.78 is 39.6. The fraction of sp³-hybridized carbons (Fsp3) is 0.0769. The Morgan fingerprint density at radius 2 is 1.80 bits per heavy atom. The van der Waals surface area contributed by atoms with E-state index in [4.69, 9.17) is 0 Å². The fourth-order valence-electron chi connectivity index (χ4n) is 1.43. The van der Waals surface area contributed by atoms with Gasteiger partial charge < -0.3 is 10.1 Å². The van der Waals surface area contributed by atoms with Gasteiger partial charge in [-0.25, -0.2) is 0 Å². The van der Waals surface area contributed by atoms with Gasteiger partial charge in [-0.15, -0.1) is 13.2 Å². The van der Waals surface area contributed by atoms with Crippen LogP contribution in [0.4, 0.5) is 18.9 Å². The molecule has 1 N–H and O–H groups in total. The van der Waals surface area contributed by atoms with Crippen LogP contribution >= 0.6 is 0 Å². The topological polar surface area (TPSA) is 51.2 Å². The standard InChI is InChI=1S/C13H9F3N2O2/c14-13(15,16)20-10-6-4-9(5-7-10)18-12(19)11-3-1-2-8-17-11/h1-8H,(H,18,19). The molecule has 0 atom stereocenters. The number of amides is 1. The van der Waals surface area contributed by atoms with Gasteiger partial charge in [0.15, 0.2) is 0 Å². The van der Waals surface area contributed by atoms with Crippen molar-refractivity contribution < 1.29 is 22.7 Å². The molecule has 20 heavy (non-hydrogen) atoms. The summed E-state index contributed by atoms with van der Waals surface area (Å²) in [6.07, 6.45) is -3.27. The van der Waals surface area contributed by atoms with Gasteiger partial charge in [0.1, 0.15) is 11.4 Å². The lowest BCUT2D eigenvalue weighted by Gasteiger charge is -2.09. The lowest BCUT2D eigenvalue weighted by Crippen LogP contribution is -2.17. The van der Waals surface area contributed by atoms with Crippen molar-refractivity contribution in [2.75, 3.05) is 5.32 Å². The Hall–Kier alpha value is -2.57. The Bertz CT molecular complexity index is 583. The van der Waals surface area contributed by atoms with E-state index in [1.807, 2.05) is 0 Å². The third kappa shape index (κ3) is 3.98. The number of halogens is 3. The zero-order chi connectivity index (χ0) is 14.6. The maximum atomic E-state index is 12.0. The van der Waals surface area contributed by atoms with Crippen LogP contribution in [0, 0.1) is 0 Å². The quantitative estimate of drug-likeness (QED) is 0.940. The highest BCUT2D eigenvalue weighted by molar-refractivity contribution is 6.02. The highest BCUT2D eigenvalue weighted by Gasteiger charge is 2.30. The second kappa shape index (κ2) is 5.60. The van der Waals surface area contributed by atoms with E-state index in [0.29, 0.717) is 5.69 Å². The van der Waals surface area contributed by atoms with E-state index in [2.05, 4.69) is 15.0 Å². The maximum absolute atomic E-state index is 12.0. The van der Waals surface area contributed by atoms with Crippen LogP contribution in [0.1, 0.15) is 10.5 Å². The van der Waals surface area contributed by atoms with Gasteiger partial charge >= 0.3 is 6.36 Å². The number of rotatable bonds is 3. The summed E-state index contributed by atoms with van der Waals surface area (Å²) >= 11 is 0. The number of hydrogen-bond acceptors (Lipinski definition) is 3. The summed E-state index contributed by atoms with van der Waals surface area (Å²) in [7, 11) is 0. The summed E-state index contributed by atoms with van der Waals surface area (Å²) in [5, 5.41) is 2.51. The minimum absolute atomic E-state index is 0.211. The van der Waals surface area contributed by atoms with Gasteiger partial charge in [-0.2, -0.15) is 0 Å². The molecule has 0 fully saturated rings. The van der Waals surface area contributed by atoms with Crippen molar-refractivity contribution >= 4 is 11.6 Å². The number of alkyl halides is 3. The van der Waals surface area contributed by atoms with E-state index in [1.165, 1.54) is 24.4 Å². The Morgan fingerprint density at radius 1 is 1.10 bits per heavy atom. The largest absolute Gasteiger partial charge is 0.573 e. The molecule has 1 aromatic heterocycles. The summed E-state index contributed by atoms with van der Waals surface area (Å²) in [6.45, 7) is 0. The molecule has 1 heterocycles. The lowest BCUT2D eigenvalue weighted by atomic mass is 10.3. The SMILES string of the molecule is O=C(Nc1ccc(OC(F)(F)F)cc1)c1ccccn1. The molecule has 0 spiro atoms. The summed E-state index contributed by atoms with van der Waals surface area (Å²) in [6, 6.07) is 9.69. The Morgan fingerprint density at radius 3 is 2.35 bits per heavy atom. The van der Waals surface area contributed by atoms with Crippen molar-refractivity contribution in [3.63, 3.8) is 0 Å². The highest BCUT2D eigenvalue weighted by atomic mass is 19.4. The van der Waals surface area contributed by atoms with Gasteiger partial charge in [0.25, 0.3) is 5.91 Å². The van der Waals surface area contributed by atoms with Crippen LogP contribution < -0.4 is 10.1 Å². The number of ether oxygens (including phenoxy) is 1. The first-order valence-electron chi connectivity index (χ1n) is 5.52. The van der Waals surface area contributed by atoms with Crippen LogP contribution in [-0.2, 0) is 0 Å². The van der Waals surface area contributed by atoms with Crippen LogP contribution in [0.3, 0.4) is 0 Å². The number of carbonyl (C=O) groups excluding carboxylic acids is 1. The van der Waals surface area contributed by atoms with Gasteiger partial charge in [0.2, 0.25) is 0 Å². The zero-order valence-corrected chi connectivity index (χ0v) is 10.0. The predicted octanol–water partition coefficient (Wildman–Crippen LogP) is 3.23. The van der Waals surface area contributed by atoms with Gasteiger partial charge in [-0.05, 0) is 36.4 Å². The van der Waals surface area contributed by atoms with Crippen LogP contribution in [-0.4, -0.2) is 17.3 Å². The minimum atomic E-state index is -4.74. The maximum Gasteiger partial charge on any atom is 0.573 e. The zero-order valence-electron chi connectivity index (χ0n) is 10.0. The van der Waals surface area contributed by atoms with E-state index in [9.17, 15) is 18.0 Å². The number of pyridine rings is 1. The molecule has 1 amide bonds. The number of carbonyl (C=O) groups is 1. The first-order valence-corrected chi connectivity index (χ1v) is 5.52. The number of nitrogens with one attached hydrogen (secondary N) is 1. The van der Waals surface area contributed by atoms with Crippen molar-refractivity contribution in [1.82, 2.24) is 4.98 Å². The smallest absolute Gasteiger partial charge is 0.406 e. The van der Waals surface area contributed by atoms with Crippen molar-refractivity contribution in [3.8, 4) is 5.75 Å². The molecule has 104 valence electrons. The molecule has 0 unspecified atom stereocenters. The number of nitrogens with zero attached hydrogens (tertiary/aromatic N) is 1. The van der Waals surface area contributed by atoms with Gasteiger partial charge in [0.05, 0.1) is 0 Å². The van der Waals surface area contributed by atoms with Crippen molar-refractivity contribution in [2.24, 2.45) is 0 Å². The molecule has 0 radical (unpaired) electrons. The lowest BCUT2D eigenvalue weighted by molar-refractivity contribution is -0.274. The van der Waals surface area contributed by atoms with E-state index < -0.39 is 12.3 Å². The molecule has 0 aliphatic carbocycles. The number of anilines is 1. The number of aromatic nitrogens is 1. The summed E-state index contributed by atoms with van der Waals surface area (Å²) in [4.78, 5) is 15.6. The van der Waals surface area contributed by atoms with E-state index in [0.717, 1.165) is 12.1 Å². The highest BCUT2D eigenvalue weighted by Crippen LogP contribution is 2.24.